The molecule has 110 valence electrons. The highest BCUT2D eigenvalue weighted by Gasteiger charge is 2.26. The van der Waals surface area contributed by atoms with Crippen molar-refractivity contribution in [3.63, 3.8) is 0 Å². The number of carbonyl (C=O) groups excluding carboxylic acids is 2. The molecule has 0 radical (unpaired) electrons. The van der Waals surface area contributed by atoms with Crippen molar-refractivity contribution >= 4 is 23.2 Å². The van der Waals surface area contributed by atoms with Crippen molar-refractivity contribution in [1.29, 1.82) is 0 Å². The van der Waals surface area contributed by atoms with Crippen molar-refractivity contribution in [3.05, 3.63) is 21.9 Å². The second kappa shape index (κ2) is 6.85. The Morgan fingerprint density at radius 2 is 2.15 bits per heavy atom. The summed E-state index contributed by atoms with van der Waals surface area (Å²) in [7, 11) is 0. The molecule has 0 unspecified atom stereocenters. The molecule has 0 aromatic carbocycles. The zero-order valence-electron chi connectivity index (χ0n) is 11.7. The van der Waals surface area contributed by atoms with Gasteiger partial charge in [-0.2, -0.15) is 0 Å². The lowest BCUT2D eigenvalue weighted by Gasteiger charge is -2.34. The first-order chi connectivity index (χ1) is 9.63. The molecule has 1 aliphatic rings. The molecule has 0 bridgehead atoms. The van der Waals surface area contributed by atoms with Crippen LogP contribution >= 0.6 is 11.3 Å². The second-order valence-electron chi connectivity index (χ2n) is 5.04. The van der Waals surface area contributed by atoms with E-state index >= 15 is 0 Å². The van der Waals surface area contributed by atoms with Gasteiger partial charge in [0.1, 0.15) is 0 Å². The van der Waals surface area contributed by atoms with E-state index in [-0.39, 0.29) is 5.91 Å². The average Bonchev–Trinajstić information content (AvgIpc) is 2.95. The normalized spacial score (nSPS) is 16.1. The minimum Gasteiger partial charge on any atom is -0.366 e. The number of hydrogen-bond acceptors (Lipinski definition) is 4. The maximum Gasteiger partial charge on any atom is 0.264 e. The second-order valence-corrected chi connectivity index (χ2v) is 5.95. The highest BCUT2D eigenvalue weighted by atomic mass is 32.1. The summed E-state index contributed by atoms with van der Waals surface area (Å²) in [4.78, 5) is 26.3. The smallest absolute Gasteiger partial charge is 0.264 e. The van der Waals surface area contributed by atoms with Crippen LogP contribution in [0, 0.1) is 0 Å². The fraction of sp³-hybridized carbons (Fsp3) is 0.571. The largest absolute Gasteiger partial charge is 0.366 e. The van der Waals surface area contributed by atoms with E-state index < -0.39 is 5.91 Å². The van der Waals surface area contributed by atoms with Gasteiger partial charge in [0.2, 0.25) is 5.91 Å². The molecule has 2 amide bonds. The summed E-state index contributed by atoms with van der Waals surface area (Å²) in [6.07, 6.45) is 2.91. The van der Waals surface area contributed by atoms with Crippen molar-refractivity contribution in [1.82, 2.24) is 10.2 Å². The minimum atomic E-state index is -0.482. The zero-order valence-corrected chi connectivity index (χ0v) is 12.5. The summed E-state index contributed by atoms with van der Waals surface area (Å²) in [5, 5.41) is 4.97. The van der Waals surface area contributed by atoms with Gasteiger partial charge in [-0.05, 0) is 38.4 Å². The number of carbonyl (C=O) groups is 2. The molecule has 2 rings (SSSR count). The summed E-state index contributed by atoms with van der Waals surface area (Å²) < 4.78 is 0. The number of hydrogen-bond donors (Lipinski definition) is 2. The molecule has 20 heavy (non-hydrogen) atoms. The fourth-order valence-corrected chi connectivity index (χ4v) is 3.38. The first kappa shape index (κ1) is 15.0. The summed E-state index contributed by atoms with van der Waals surface area (Å²) in [6.45, 7) is 4.74. The zero-order chi connectivity index (χ0) is 14.5. The van der Waals surface area contributed by atoms with E-state index in [1.54, 1.807) is 11.4 Å². The van der Waals surface area contributed by atoms with E-state index in [1.807, 2.05) is 4.90 Å². The lowest BCUT2D eigenvalue weighted by Crippen LogP contribution is -2.46. The van der Waals surface area contributed by atoms with E-state index in [0.29, 0.717) is 16.5 Å². The van der Waals surface area contributed by atoms with Crippen LogP contribution in [0.5, 0.6) is 0 Å². The summed E-state index contributed by atoms with van der Waals surface area (Å²) in [6, 6.07) is 1.90. The van der Waals surface area contributed by atoms with Gasteiger partial charge in [0.25, 0.3) is 5.91 Å². The minimum absolute atomic E-state index is 0.0243. The number of thiophene rings is 1. The Morgan fingerprint density at radius 1 is 1.45 bits per heavy atom. The Balaban J connectivity index is 2.14. The SMILES string of the molecule is CCCN(C(=O)c1cc(C(N)=O)cs1)C1CCNCC1. The predicted molar refractivity (Wildman–Crippen MR) is 80.1 cm³/mol. The van der Waals surface area contributed by atoms with Crippen molar-refractivity contribution in [2.24, 2.45) is 5.73 Å². The molecule has 0 atom stereocenters. The lowest BCUT2D eigenvalue weighted by atomic mass is 10.0. The molecule has 2 heterocycles. The highest BCUT2D eigenvalue weighted by molar-refractivity contribution is 7.12. The van der Waals surface area contributed by atoms with Gasteiger partial charge < -0.3 is 16.0 Å². The third-order valence-corrected chi connectivity index (χ3v) is 4.49. The number of nitrogens with two attached hydrogens (primary N) is 1. The average molecular weight is 295 g/mol. The number of nitrogens with zero attached hydrogens (tertiary/aromatic N) is 1. The van der Waals surface area contributed by atoms with Crippen LogP contribution in [-0.2, 0) is 0 Å². The van der Waals surface area contributed by atoms with Crippen LogP contribution in [0.3, 0.4) is 0 Å². The van der Waals surface area contributed by atoms with Crippen LogP contribution in [0.1, 0.15) is 46.2 Å². The number of rotatable bonds is 5. The number of amides is 2. The van der Waals surface area contributed by atoms with Gasteiger partial charge in [-0.25, -0.2) is 0 Å². The molecule has 1 saturated heterocycles. The van der Waals surface area contributed by atoms with Crippen molar-refractivity contribution in [3.8, 4) is 0 Å². The van der Waals surface area contributed by atoms with Crippen LogP contribution in [0.25, 0.3) is 0 Å². The van der Waals surface area contributed by atoms with Crippen LogP contribution in [0.15, 0.2) is 11.4 Å². The molecule has 3 N–H and O–H groups in total. The molecular weight excluding hydrogens is 274 g/mol. The number of nitrogens with one attached hydrogen (secondary N) is 1. The molecule has 1 aromatic heterocycles. The number of piperidine rings is 1. The van der Waals surface area contributed by atoms with Gasteiger partial charge in [0.05, 0.1) is 10.4 Å². The molecule has 1 fully saturated rings. The maximum absolute atomic E-state index is 12.6. The molecule has 0 aliphatic carbocycles. The Labute approximate surface area is 123 Å². The third-order valence-electron chi connectivity index (χ3n) is 3.57. The van der Waals surface area contributed by atoms with E-state index in [0.717, 1.165) is 38.9 Å². The Kier molecular flexibility index (Phi) is 5.14. The monoisotopic (exact) mass is 295 g/mol. The fourth-order valence-electron chi connectivity index (χ4n) is 2.53. The van der Waals surface area contributed by atoms with Gasteiger partial charge in [0.15, 0.2) is 0 Å². The van der Waals surface area contributed by atoms with Crippen molar-refractivity contribution in [2.45, 2.75) is 32.2 Å². The summed E-state index contributed by atoms with van der Waals surface area (Å²) >= 11 is 1.30. The van der Waals surface area contributed by atoms with Crippen LogP contribution in [0.2, 0.25) is 0 Å². The van der Waals surface area contributed by atoms with Crippen molar-refractivity contribution < 1.29 is 9.59 Å². The molecule has 1 aromatic rings. The van der Waals surface area contributed by atoms with Crippen LogP contribution < -0.4 is 11.1 Å². The van der Waals surface area contributed by atoms with Crippen molar-refractivity contribution in [2.75, 3.05) is 19.6 Å². The maximum atomic E-state index is 12.6. The summed E-state index contributed by atoms with van der Waals surface area (Å²) in [5.41, 5.74) is 5.66. The van der Waals surface area contributed by atoms with Gasteiger partial charge >= 0.3 is 0 Å². The molecule has 5 nitrogen and oxygen atoms in total. The molecule has 1 aliphatic heterocycles. The quantitative estimate of drug-likeness (QED) is 0.863. The van der Waals surface area contributed by atoms with E-state index in [4.69, 9.17) is 5.73 Å². The topological polar surface area (TPSA) is 75.4 Å². The van der Waals surface area contributed by atoms with Gasteiger partial charge in [-0.3, -0.25) is 9.59 Å². The van der Waals surface area contributed by atoms with Gasteiger partial charge in [0, 0.05) is 18.0 Å². The summed E-state index contributed by atoms with van der Waals surface area (Å²) in [5.74, 6) is -0.458. The predicted octanol–water partition coefficient (Wildman–Crippen LogP) is 1.45. The molecule has 6 heteroatoms. The lowest BCUT2D eigenvalue weighted by molar-refractivity contribution is 0.0647. The molecule has 0 spiro atoms. The van der Waals surface area contributed by atoms with Crippen LogP contribution in [0.4, 0.5) is 0 Å². The van der Waals surface area contributed by atoms with Gasteiger partial charge in [-0.1, -0.05) is 6.92 Å². The standard InChI is InChI=1S/C14H21N3O2S/c1-2-7-17(11-3-5-16-6-4-11)14(19)12-8-10(9-20-12)13(15)18/h8-9,11,16H,2-7H2,1H3,(H2,15,18). The number of primary amides is 1. The Morgan fingerprint density at radius 3 is 2.70 bits per heavy atom. The first-order valence-corrected chi connectivity index (χ1v) is 7.91. The third kappa shape index (κ3) is 3.37. The first-order valence-electron chi connectivity index (χ1n) is 7.03. The Bertz CT molecular complexity index is 481. The van der Waals surface area contributed by atoms with Crippen LogP contribution in [-0.4, -0.2) is 42.4 Å². The van der Waals surface area contributed by atoms with Gasteiger partial charge in [-0.15, -0.1) is 11.3 Å². The highest BCUT2D eigenvalue weighted by Crippen LogP contribution is 2.21. The van der Waals surface area contributed by atoms with E-state index in [2.05, 4.69) is 12.2 Å². The van der Waals surface area contributed by atoms with E-state index in [9.17, 15) is 9.59 Å². The Hall–Kier alpha value is -1.40. The molecule has 0 saturated carbocycles. The molecular formula is C14H21N3O2S. The van der Waals surface area contributed by atoms with E-state index in [1.165, 1.54) is 11.3 Å².